The molecule has 0 spiro atoms. The molecule has 0 saturated heterocycles. The molecule has 0 aliphatic heterocycles. The Morgan fingerprint density at radius 2 is 1.71 bits per heavy atom. The van der Waals surface area contributed by atoms with Crippen LogP contribution in [0.3, 0.4) is 0 Å². The maximum Gasteiger partial charge on any atom is 0.0407 e. The van der Waals surface area contributed by atoms with Gasteiger partial charge in [0.25, 0.3) is 0 Å². The van der Waals surface area contributed by atoms with Crippen molar-refractivity contribution in [3.8, 4) is 0 Å². The fourth-order valence-corrected chi connectivity index (χ4v) is 2.96. The first kappa shape index (κ1) is 13.8. The van der Waals surface area contributed by atoms with E-state index in [0.717, 1.165) is 17.8 Å². The number of hydrogen-bond acceptors (Lipinski definition) is 1. The number of aryl methyl sites for hydroxylation is 3. The van der Waals surface area contributed by atoms with E-state index in [1.807, 2.05) is 0 Å². The molecule has 2 aromatic carbocycles. The van der Waals surface area contributed by atoms with Crippen molar-refractivity contribution in [3.05, 3.63) is 76.1 Å². The number of rotatable bonds is 2. The Morgan fingerprint density at radius 1 is 0.905 bits per heavy atom. The summed E-state index contributed by atoms with van der Waals surface area (Å²) in [5.74, 6) is 0. The van der Waals surface area contributed by atoms with Gasteiger partial charge in [-0.05, 0) is 73.2 Å². The smallest absolute Gasteiger partial charge is 0.0407 e. The van der Waals surface area contributed by atoms with Crippen LogP contribution in [0, 0.1) is 27.7 Å². The van der Waals surface area contributed by atoms with Gasteiger partial charge < -0.3 is 0 Å². The molecule has 106 valence electrons. The monoisotopic (exact) mass is 275 g/mol. The summed E-state index contributed by atoms with van der Waals surface area (Å²) >= 11 is 0. The van der Waals surface area contributed by atoms with E-state index >= 15 is 0 Å². The highest BCUT2D eigenvalue weighted by Gasteiger charge is 2.06. The Morgan fingerprint density at radius 3 is 2.52 bits per heavy atom. The molecule has 3 aromatic rings. The van der Waals surface area contributed by atoms with E-state index in [4.69, 9.17) is 0 Å². The second-order valence-corrected chi connectivity index (χ2v) is 5.94. The van der Waals surface area contributed by atoms with Gasteiger partial charge in [0.1, 0.15) is 0 Å². The minimum Gasteiger partial charge on any atom is -0.258 e. The average Bonchev–Trinajstić information content (AvgIpc) is 2.45. The first-order valence-corrected chi connectivity index (χ1v) is 7.46. The molecule has 0 radical (unpaired) electrons. The number of aromatic nitrogens is 1. The molecule has 0 bridgehead atoms. The molecule has 0 fully saturated rings. The summed E-state index contributed by atoms with van der Waals surface area (Å²) in [4.78, 5) is 4.54. The normalized spacial score (nSPS) is 11.0. The molecule has 1 aromatic heterocycles. The lowest BCUT2D eigenvalue weighted by molar-refractivity contribution is 1.03. The Labute approximate surface area is 126 Å². The van der Waals surface area contributed by atoms with Crippen LogP contribution in [-0.4, -0.2) is 4.98 Å². The van der Waals surface area contributed by atoms with Crippen LogP contribution in [0.15, 0.2) is 42.5 Å². The van der Waals surface area contributed by atoms with Crippen LogP contribution in [0.5, 0.6) is 0 Å². The third-order valence-electron chi connectivity index (χ3n) is 4.31. The summed E-state index contributed by atoms with van der Waals surface area (Å²) in [5, 5.41) is 2.67. The van der Waals surface area contributed by atoms with Crippen LogP contribution in [-0.2, 0) is 6.42 Å². The molecule has 1 heteroatoms. The van der Waals surface area contributed by atoms with Crippen LogP contribution < -0.4 is 0 Å². The van der Waals surface area contributed by atoms with Crippen molar-refractivity contribution in [2.24, 2.45) is 0 Å². The van der Waals surface area contributed by atoms with E-state index in [1.165, 1.54) is 33.0 Å². The van der Waals surface area contributed by atoms with E-state index in [0.29, 0.717) is 0 Å². The molecule has 0 atom stereocenters. The van der Waals surface area contributed by atoms with E-state index in [9.17, 15) is 0 Å². The van der Waals surface area contributed by atoms with Crippen molar-refractivity contribution < 1.29 is 0 Å². The van der Waals surface area contributed by atoms with Gasteiger partial charge in [0.05, 0.1) is 0 Å². The van der Waals surface area contributed by atoms with Gasteiger partial charge in [-0.1, -0.05) is 36.4 Å². The molecule has 0 aliphatic rings. The van der Waals surface area contributed by atoms with Crippen LogP contribution in [0.25, 0.3) is 10.8 Å². The zero-order valence-corrected chi connectivity index (χ0v) is 13.2. The fourth-order valence-electron chi connectivity index (χ4n) is 2.96. The van der Waals surface area contributed by atoms with Crippen LogP contribution in [0.4, 0.5) is 0 Å². The summed E-state index contributed by atoms with van der Waals surface area (Å²) in [6.07, 6.45) is 0.973. The lowest BCUT2D eigenvalue weighted by Gasteiger charge is -2.11. The van der Waals surface area contributed by atoms with Gasteiger partial charge in [-0.25, -0.2) is 0 Å². The Balaban J connectivity index is 2.04. The second-order valence-electron chi connectivity index (χ2n) is 5.94. The maximum atomic E-state index is 4.54. The Hall–Kier alpha value is -2.15. The first-order chi connectivity index (χ1) is 10.0. The maximum absolute atomic E-state index is 4.54. The van der Waals surface area contributed by atoms with E-state index in [2.05, 4.69) is 75.1 Å². The molecule has 0 unspecified atom stereocenters. The first-order valence-electron chi connectivity index (χ1n) is 7.46. The molecule has 3 rings (SSSR count). The van der Waals surface area contributed by atoms with Crippen LogP contribution in [0.2, 0.25) is 0 Å². The van der Waals surface area contributed by atoms with E-state index in [1.54, 1.807) is 0 Å². The van der Waals surface area contributed by atoms with Gasteiger partial charge in [0.2, 0.25) is 0 Å². The van der Waals surface area contributed by atoms with Crippen molar-refractivity contribution in [1.29, 1.82) is 0 Å². The molecule has 0 aliphatic carbocycles. The number of hydrogen-bond donors (Lipinski definition) is 0. The predicted octanol–water partition coefficient (Wildman–Crippen LogP) is 5.06. The largest absolute Gasteiger partial charge is 0.258 e. The standard InChI is InChI=1S/C20H21N/c1-13-6-5-7-18-9-8-17(12-20(13)18)11-19-10-14(2)21-16(4)15(19)3/h5-10,12H,11H2,1-4H3. The van der Waals surface area contributed by atoms with Gasteiger partial charge in [-0.3, -0.25) is 4.98 Å². The Kier molecular flexibility index (Phi) is 3.50. The van der Waals surface area contributed by atoms with Gasteiger partial charge in [-0.15, -0.1) is 0 Å². The molecule has 0 amide bonds. The summed E-state index contributed by atoms with van der Waals surface area (Å²) < 4.78 is 0. The highest BCUT2D eigenvalue weighted by Crippen LogP contribution is 2.23. The average molecular weight is 275 g/mol. The van der Waals surface area contributed by atoms with E-state index in [-0.39, 0.29) is 0 Å². The summed E-state index contributed by atoms with van der Waals surface area (Å²) in [7, 11) is 0. The van der Waals surface area contributed by atoms with Gasteiger partial charge >= 0.3 is 0 Å². The molecule has 0 saturated carbocycles. The highest BCUT2D eigenvalue weighted by atomic mass is 14.7. The SMILES string of the molecule is Cc1cc(Cc2ccc3cccc(C)c3c2)c(C)c(C)n1. The van der Waals surface area contributed by atoms with E-state index < -0.39 is 0 Å². The number of nitrogens with zero attached hydrogens (tertiary/aromatic N) is 1. The van der Waals surface area contributed by atoms with Crippen LogP contribution in [0.1, 0.15) is 33.6 Å². The quantitative estimate of drug-likeness (QED) is 0.637. The van der Waals surface area contributed by atoms with Crippen molar-refractivity contribution in [2.45, 2.75) is 34.1 Å². The topological polar surface area (TPSA) is 12.9 Å². The minimum atomic E-state index is 0.973. The van der Waals surface area contributed by atoms with Gasteiger partial charge in [0.15, 0.2) is 0 Å². The number of pyridine rings is 1. The Bertz CT molecular complexity index is 815. The molecule has 0 N–H and O–H groups in total. The van der Waals surface area contributed by atoms with Gasteiger partial charge in [0, 0.05) is 11.4 Å². The predicted molar refractivity (Wildman–Crippen MR) is 89.9 cm³/mol. The van der Waals surface area contributed by atoms with Crippen molar-refractivity contribution in [3.63, 3.8) is 0 Å². The second kappa shape index (κ2) is 5.33. The van der Waals surface area contributed by atoms with Crippen LogP contribution >= 0.6 is 0 Å². The van der Waals surface area contributed by atoms with Crippen molar-refractivity contribution >= 4 is 10.8 Å². The molecule has 21 heavy (non-hydrogen) atoms. The molecular formula is C20H21N. The molecule has 1 heterocycles. The number of benzene rings is 2. The molecular weight excluding hydrogens is 254 g/mol. The molecule has 1 nitrogen and oxygen atoms in total. The summed E-state index contributed by atoms with van der Waals surface area (Å²) in [5.41, 5.74) is 7.64. The number of fused-ring (bicyclic) bond motifs is 1. The third-order valence-corrected chi connectivity index (χ3v) is 4.31. The zero-order chi connectivity index (χ0) is 15.0. The zero-order valence-electron chi connectivity index (χ0n) is 13.2. The highest BCUT2D eigenvalue weighted by molar-refractivity contribution is 5.86. The minimum absolute atomic E-state index is 0.973. The van der Waals surface area contributed by atoms with Gasteiger partial charge in [-0.2, -0.15) is 0 Å². The van der Waals surface area contributed by atoms with Crippen molar-refractivity contribution in [2.75, 3.05) is 0 Å². The fraction of sp³-hybridized carbons (Fsp3) is 0.250. The lowest BCUT2D eigenvalue weighted by atomic mass is 9.96. The van der Waals surface area contributed by atoms with Crippen molar-refractivity contribution in [1.82, 2.24) is 4.98 Å². The summed E-state index contributed by atoms with van der Waals surface area (Å²) in [6, 6.07) is 15.5. The lowest BCUT2D eigenvalue weighted by Crippen LogP contribution is -1.99. The third kappa shape index (κ3) is 2.69. The summed E-state index contributed by atoms with van der Waals surface area (Å²) in [6.45, 7) is 8.51.